The molecule has 2 aromatic rings. The Balaban J connectivity index is 1.68. The van der Waals surface area contributed by atoms with E-state index in [4.69, 9.17) is 4.74 Å². The molecule has 0 fully saturated rings. The highest BCUT2D eigenvalue weighted by molar-refractivity contribution is 5.94. The van der Waals surface area contributed by atoms with Gasteiger partial charge in [-0.2, -0.15) is 10.2 Å². The zero-order valence-corrected chi connectivity index (χ0v) is 12.1. The maximum Gasteiger partial charge on any atom is 0.272 e. The van der Waals surface area contributed by atoms with E-state index >= 15 is 0 Å². The smallest absolute Gasteiger partial charge is 0.272 e. The highest BCUT2D eigenvalue weighted by Crippen LogP contribution is 2.20. The minimum atomic E-state index is -0.142. The Morgan fingerprint density at radius 2 is 2.43 bits per heavy atom. The van der Waals surface area contributed by atoms with Gasteiger partial charge in [0.05, 0.1) is 19.8 Å². The third-order valence-electron chi connectivity index (χ3n) is 3.60. The molecule has 1 aliphatic rings. The lowest BCUT2D eigenvalue weighted by atomic mass is 10.1. The van der Waals surface area contributed by atoms with Crippen molar-refractivity contribution < 1.29 is 9.53 Å². The average Bonchev–Trinajstić information content (AvgIpc) is 3.14. The first-order chi connectivity index (χ1) is 10.3. The summed E-state index contributed by atoms with van der Waals surface area (Å²) >= 11 is 0. The highest BCUT2D eigenvalue weighted by atomic mass is 16.5. The molecule has 0 aromatic carbocycles. The molecule has 1 N–H and O–H groups in total. The van der Waals surface area contributed by atoms with Gasteiger partial charge in [0.1, 0.15) is 0 Å². The molecule has 0 atom stereocenters. The third-order valence-corrected chi connectivity index (χ3v) is 3.60. The first-order valence-electron chi connectivity index (χ1n) is 7.21. The zero-order valence-electron chi connectivity index (χ0n) is 12.1. The fourth-order valence-electron chi connectivity index (χ4n) is 2.55. The molecule has 1 amide bonds. The van der Waals surface area contributed by atoms with Crippen molar-refractivity contribution >= 4 is 5.91 Å². The number of carbonyl (C=O) groups excluding carboxylic acids is 1. The fourth-order valence-corrected chi connectivity index (χ4v) is 2.55. The predicted octanol–water partition coefficient (Wildman–Crippen LogP) is 0.602. The van der Waals surface area contributed by atoms with E-state index in [0.29, 0.717) is 32.0 Å². The molecular formula is C14H19N5O2. The maximum atomic E-state index is 12.3. The number of fused-ring (bicyclic) bond motifs is 1. The minimum absolute atomic E-state index is 0.142. The Labute approximate surface area is 122 Å². The van der Waals surface area contributed by atoms with Crippen molar-refractivity contribution in [2.75, 3.05) is 13.2 Å². The second-order valence-electron chi connectivity index (χ2n) is 4.92. The van der Waals surface area contributed by atoms with Crippen molar-refractivity contribution in [1.29, 1.82) is 0 Å². The van der Waals surface area contributed by atoms with Gasteiger partial charge in [0, 0.05) is 43.2 Å². The van der Waals surface area contributed by atoms with E-state index in [-0.39, 0.29) is 5.91 Å². The van der Waals surface area contributed by atoms with Gasteiger partial charge in [-0.05, 0) is 13.0 Å². The van der Waals surface area contributed by atoms with E-state index in [0.717, 1.165) is 24.2 Å². The molecule has 0 unspecified atom stereocenters. The van der Waals surface area contributed by atoms with Gasteiger partial charge in [-0.1, -0.05) is 0 Å². The molecule has 3 rings (SSSR count). The summed E-state index contributed by atoms with van der Waals surface area (Å²) in [5.41, 5.74) is 2.55. The van der Waals surface area contributed by atoms with E-state index in [9.17, 15) is 4.79 Å². The number of aryl methyl sites for hydroxylation is 1. The van der Waals surface area contributed by atoms with Crippen molar-refractivity contribution in [3.05, 3.63) is 35.4 Å². The van der Waals surface area contributed by atoms with Crippen LogP contribution in [-0.4, -0.2) is 38.6 Å². The van der Waals surface area contributed by atoms with Gasteiger partial charge in [0.25, 0.3) is 5.91 Å². The summed E-state index contributed by atoms with van der Waals surface area (Å²) in [6, 6.07) is 1.86. The van der Waals surface area contributed by atoms with Gasteiger partial charge < -0.3 is 10.1 Å². The SMILES string of the molecule is CCn1nc(C(=O)NCCn2cccn2)c2c1CCOC2. The summed E-state index contributed by atoms with van der Waals surface area (Å²) in [5.74, 6) is -0.142. The normalized spacial score (nSPS) is 14.0. The molecule has 0 saturated carbocycles. The van der Waals surface area contributed by atoms with E-state index in [1.807, 2.05) is 23.9 Å². The van der Waals surface area contributed by atoms with Crippen LogP contribution in [-0.2, 0) is 30.9 Å². The van der Waals surface area contributed by atoms with Crippen molar-refractivity contribution in [2.45, 2.75) is 33.0 Å². The molecule has 0 spiro atoms. The van der Waals surface area contributed by atoms with Crippen LogP contribution in [0.5, 0.6) is 0 Å². The summed E-state index contributed by atoms with van der Waals surface area (Å²) in [6.45, 7) is 5.13. The first-order valence-corrected chi connectivity index (χ1v) is 7.21. The van der Waals surface area contributed by atoms with Gasteiger partial charge in [-0.3, -0.25) is 14.2 Å². The number of nitrogens with one attached hydrogen (secondary N) is 1. The molecule has 21 heavy (non-hydrogen) atoms. The van der Waals surface area contributed by atoms with Crippen molar-refractivity contribution in [2.24, 2.45) is 0 Å². The number of hydrogen-bond acceptors (Lipinski definition) is 4. The van der Waals surface area contributed by atoms with Crippen LogP contribution in [0.25, 0.3) is 0 Å². The maximum absolute atomic E-state index is 12.3. The molecule has 0 aliphatic carbocycles. The van der Waals surface area contributed by atoms with Crippen LogP contribution in [0.4, 0.5) is 0 Å². The van der Waals surface area contributed by atoms with Crippen LogP contribution in [0.3, 0.4) is 0 Å². The molecule has 0 saturated heterocycles. The van der Waals surface area contributed by atoms with Gasteiger partial charge >= 0.3 is 0 Å². The standard InChI is InChI=1S/C14H19N5O2/c1-2-19-12-4-9-21-10-11(12)13(17-19)14(20)15-6-8-18-7-3-5-16-18/h3,5,7H,2,4,6,8-10H2,1H3,(H,15,20). The van der Waals surface area contributed by atoms with E-state index < -0.39 is 0 Å². The van der Waals surface area contributed by atoms with Crippen LogP contribution >= 0.6 is 0 Å². The molecule has 2 aromatic heterocycles. The van der Waals surface area contributed by atoms with Crippen molar-refractivity contribution in [3.8, 4) is 0 Å². The first kappa shape index (κ1) is 13.8. The number of carbonyl (C=O) groups is 1. The Kier molecular flexibility index (Phi) is 4.01. The van der Waals surface area contributed by atoms with Crippen LogP contribution in [0.15, 0.2) is 18.5 Å². The van der Waals surface area contributed by atoms with Crippen LogP contribution in [0.1, 0.15) is 28.7 Å². The lowest BCUT2D eigenvalue weighted by Gasteiger charge is -2.14. The lowest BCUT2D eigenvalue weighted by Crippen LogP contribution is -2.29. The number of hydrogen-bond donors (Lipinski definition) is 1. The Bertz CT molecular complexity index is 618. The van der Waals surface area contributed by atoms with Gasteiger partial charge in [-0.25, -0.2) is 0 Å². The Morgan fingerprint density at radius 3 is 3.19 bits per heavy atom. The number of amides is 1. The quantitative estimate of drug-likeness (QED) is 0.875. The largest absolute Gasteiger partial charge is 0.376 e. The molecule has 7 nitrogen and oxygen atoms in total. The molecule has 0 bridgehead atoms. The third kappa shape index (κ3) is 2.82. The molecule has 112 valence electrons. The highest BCUT2D eigenvalue weighted by Gasteiger charge is 2.24. The number of aromatic nitrogens is 4. The zero-order chi connectivity index (χ0) is 14.7. The average molecular weight is 289 g/mol. The fraction of sp³-hybridized carbons (Fsp3) is 0.500. The van der Waals surface area contributed by atoms with Crippen molar-refractivity contribution in [1.82, 2.24) is 24.9 Å². The van der Waals surface area contributed by atoms with E-state index in [1.54, 1.807) is 10.9 Å². The Morgan fingerprint density at radius 1 is 1.52 bits per heavy atom. The summed E-state index contributed by atoms with van der Waals surface area (Å²) in [4.78, 5) is 12.3. The summed E-state index contributed by atoms with van der Waals surface area (Å²) in [7, 11) is 0. The number of nitrogens with zero attached hydrogens (tertiary/aromatic N) is 4. The molecular weight excluding hydrogens is 270 g/mol. The Hall–Kier alpha value is -2.15. The number of rotatable bonds is 5. The molecule has 0 radical (unpaired) electrons. The van der Waals surface area contributed by atoms with Crippen LogP contribution in [0.2, 0.25) is 0 Å². The second-order valence-corrected chi connectivity index (χ2v) is 4.92. The number of ether oxygens (including phenoxy) is 1. The minimum Gasteiger partial charge on any atom is -0.376 e. The summed E-state index contributed by atoms with van der Waals surface area (Å²) in [6.07, 6.45) is 4.41. The van der Waals surface area contributed by atoms with E-state index in [1.165, 1.54) is 0 Å². The monoisotopic (exact) mass is 289 g/mol. The predicted molar refractivity (Wildman–Crippen MR) is 75.8 cm³/mol. The molecule has 3 heterocycles. The van der Waals surface area contributed by atoms with Crippen molar-refractivity contribution in [3.63, 3.8) is 0 Å². The summed E-state index contributed by atoms with van der Waals surface area (Å²) in [5, 5.41) is 11.4. The summed E-state index contributed by atoms with van der Waals surface area (Å²) < 4.78 is 9.14. The molecule has 7 heteroatoms. The topological polar surface area (TPSA) is 74.0 Å². The van der Waals surface area contributed by atoms with Gasteiger partial charge in [0.15, 0.2) is 5.69 Å². The van der Waals surface area contributed by atoms with Gasteiger partial charge in [0.2, 0.25) is 0 Å². The lowest BCUT2D eigenvalue weighted by molar-refractivity contribution is 0.0923. The second kappa shape index (κ2) is 6.09. The van der Waals surface area contributed by atoms with E-state index in [2.05, 4.69) is 15.5 Å². The van der Waals surface area contributed by atoms with Gasteiger partial charge in [-0.15, -0.1) is 0 Å². The van der Waals surface area contributed by atoms with Crippen LogP contribution < -0.4 is 5.32 Å². The molecule has 1 aliphatic heterocycles. The van der Waals surface area contributed by atoms with Crippen LogP contribution in [0, 0.1) is 0 Å².